The van der Waals surface area contributed by atoms with Gasteiger partial charge in [0.1, 0.15) is 0 Å². The molecule has 15 heavy (non-hydrogen) atoms. The first-order valence-corrected chi connectivity index (χ1v) is 6.83. The Hall–Kier alpha value is 0.210. The molecule has 1 fully saturated rings. The standard InChI is InChI=1S/C12H24ClNO/c13-8-2-1-3-9-14(10-5-11-15)12-6-4-7-12/h12,15H,1-11H2. The maximum atomic E-state index is 8.85. The average Bonchev–Trinajstić information content (AvgIpc) is 2.17. The molecular formula is C12H24ClNO. The summed E-state index contributed by atoms with van der Waals surface area (Å²) in [6, 6.07) is 0.813. The minimum Gasteiger partial charge on any atom is -0.396 e. The second-order valence-electron chi connectivity index (χ2n) is 4.45. The van der Waals surface area contributed by atoms with E-state index in [4.69, 9.17) is 16.7 Å². The van der Waals surface area contributed by atoms with Crippen LogP contribution in [0.5, 0.6) is 0 Å². The Labute approximate surface area is 98.6 Å². The molecule has 0 spiro atoms. The maximum Gasteiger partial charge on any atom is 0.0443 e. The van der Waals surface area contributed by atoms with Crippen molar-refractivity contribution < 1.29 is 5.11 Å². The Morgan fingerprint density at radius 2 is 1.80 bits per heavy atom. The third kappa shape index (κ3) is 5.19. The molecular weight excluding hydrogens is 210 g/mol. The molecule has 3 heteroatoms. The van der Waals surface area contributed by atoms with Crippen LogP contribution in [0.1, 0.15) is 44.9 Å². The topological polar surface area (TPSA) is 23.5 Å². The lowest BCUT2D eigenvalue weighted by Gasteiger charge is -2.37. The van der Waals surface area contributed by atoms with Gasteiger partial charge in [-0.15, -0.1) is 11.6 Å². The highest BCUT2D eigenvalue weighted by molar-refractivity contribution is 6.17. The molecule has 0 aromatic rings. The normalized spacial score (nSPS) is 17.0. The molecule has 1 rings (SSSR count). The van der Waals surface area contributed by atoms with E-state index in [2.05, 4.69) is 4.90 Å². The Morgan fingerprint density at radius 3 is 2.33 bits per heavy atom. The molecule has 0 atom stereocenters. The first-order valence-electron chi connectivity index (χ1n) is 6.29. The van der Waals surface area contributed by atoms with E-state index in [1.165, 1.54) is 38.6 Å². The Balaban J connectivity index is 2.10. The summed E-state index contributed by atoms with van der Waals surface area (Å²) in [7, 11) is 0. The first kappa shape index (κ1) is 13.3. The number of hydrogen-bond acceptors (Lipinski definition) is 2. The third-order valence-electron chi connectivity index (χ3n) is 3.27. The van der Waals surface area contributed by atoms with Crippen LogP contribution in [-0.4, -0.2) is 41.6 Å². The van der Waals surface area contributed by atoms with E-state index in [0.717, 1.165) is 31.3 Å². The highest BCUT2D eigenvalue weighted by Crippen LogP contribution is 2.25. The zero-order valence-corrected chi connectivity index (χ0v) is 10.4. The number of aliphatic hydroxyl groups is 1. The van der Waals surface area contributed by atoms with Gasteiger partial charge in [0.15, 0.2) is 0 Å². The average molecular weight is 234 g/mol. The number of nitrogens with zero attached hydrogens (tertiary/aromatic N) is 1. The highest BCUT2D eigenvalue weighted by atomic mass is 35.5. The van der Waals surface area contributed by atoms with Crippen molar-refractivity contribution in [1.29, 1.82) is 0 Å². The van der Waals surface area contributed by atoms with E-state index >= 15 is 0 Å². The van der Waals surface area contributed by atoms with Gasteiger partial charge in [-0.05, 0) is 38.6 Å². The van der Waals surface area contributed by atoms with Gasteiger partial charge >= 0.3 is 0 Å². The van der Waals surface area contributed by atoms with E-state index < -0.39 is 0 Å². The summed E-state index contributed by atoms with van der Waals surface area (Å²) in [6.07, 6.45) is 8.68. The van der Waals surface area contributed by atoms with Crippen LogP contribution in [-0.2, 0) is 0 Å². The van der Waals surface area contributed by atoms with E-state index in [0.29, 0.717) is 6.61 Å². The van der Waals surface area contributed by atoms with Gasteiger partial charge in [0.2, 0.25) is 0 Å². The number of hydrogen-bond donors (Lipinski definition) is 1. The van der Waals surface area contributed by atoms with Crippen molar-refractivity contribution in [2.75, 3.05) is 25.6 Å². The molecule has 0 saturated heterocycles. The fourth-order valence-electron chi connectivity index (χ4n) is 2.09. The number of rotatable bonds is 9. The van der Waals surface area contributed by atoms with E-state index in [1.807, 2.05) is 0 Å². The molecule has 1 N–H and O–H groups in total. The van der Waals surface area contributed by atoms with E-state index in [1.54, 1.807) is 0 Å². The van der Waals surface area contributed by atoms with Crippen LogP contribution >= 0.6 is 11.6 Å². The van der Waals surface area contributed by atoms with E-state index in [-0.39, 0.29) is 0 Å². The fourth-order valence-corrected chi connectivity index (χ4v) is 2.28. The van der Waals surface area contributed by atoms with Crippen molar-refractivity contribution in [2.45, 2.75) is 51.0 Å². The van der Waals surface area contributed by atoms with Crippen LogP contribution in [0.15, 0.2) is 0 Å². The molecule has 2 nitrogen and oxygen atoms in total. The van der Waals surface area contributed by atoms with Crippen LogP contribution in [0.2, 0.25) is 0 Å². The molecule has 0 unspecified atom stereocenters. The molecule has 0 heterocycles. The second kappa shape index (κ2) is 8.37. The molecule has 1 saturated carbocycles. The fraction of sp³-hybridized carbons (Fsp3) is 1.00. The minimum absolute atomic E-state index is 0.324. The molecule has 0 aromatic heterocycles. The summed E-state index contributed by atoms with van der Waals surface area (Å²) in [5.41, 5.74) is 0. The predicted octanol–water partition coefficient (Wildman–Crippen LogP) is 2.63. The van der Waals surface area contributed by atoms with Crippen molar-refractivity contribution in [3.05, 3.63) is 0 Å². The number of alkyl halides is 1. The van der Waals surface area contributed by atoms with Crippen molar-refractivity contribution >= 4 is 11.6 Å². The van der Waals surface area contributed by atoms with Crippen LogP contribution in [0, 0.1) is 0 Å². The zero-order chi connectivity index (χ0) is 10.9. The lowest BCUT2D eigenvalue weighted by atomic mass is 9.91. The van der Waals surface area contributed by atoms with E-state index in [9.17, 15) is 0 Å². The van der Waals surface area contributed by atoms with Crippen LogP contribution in [0.25, 0.3) is 0 Å². The summed E-state index contributed by atoms with van der Waals surface area (Å²) >= 11 is 5.65. The molecule has 0 bridgehead atoms. The lowest BCUT2D eigenvalue weighted by Crippen LogP contribution is -2.41. The van der Waals surface area contributed by atoms with Crippen LogP contribution in [0.3, 0.4) is 0 Å². The molecule has 0 aromatic carbocycles. The van der Waals surface area contributed by atoms with Gasteiger partial charge < -0.3 is 10.0 Å². The van der Waals surface area contributed by atoms with Gasteiger partial charge in [-0.2, -0.15) is 0 Å². The summed E-state index contributed by atoms with van der Waals surface area (Å²) in [6.45, 7) is 2.59. The molecule has 0 radical (unpaired) electrons. The van der Waals surface area contributed by atoms with Gasteiger partial charge in [-0.1, -0.05) is 12.8 Å². The van der Waals surface area contributed by atoms with Gasteiger partial charge in [0, 0.05) is 25.1 Å². The predicted molar refractivity (Wildman–Crippen MR) is 65.5 cm³/mol. The summed E-state index contributed by atoms with van der Waals surface area (Å²) in [5, 5.41) is 8.85. The Kier molecular flexibility index (Phi) is 7.41. The smallest absolute Gasteiger partial charge is 0.0443 e. The van der Waals surface area contributed by atoms with Crippen molar-refractivity contribution in [2.24, 2.45) is 0 Å². The monoisotopic (exact) mass is 233 g/mol. The third-order valence-corrected chi connectivity index (χ3v) is 3.54. The first-order chi connectivity index (χ1) is 7.38. The highest BCUT2D eigenvalue weighted by Gasteiger charge is 2.23. The Morgan fingerprint density at radius 1 is 1.07 bits per heavy atom. The van der Waals surface area contributed by atoms with Crippen molar-refractivity contribution in [3.8, 4) is 0 Å². The lowest BCUT2D eigenvalue weighted by molar-refractivity contribution is 0.114. The largest absolute Gasteiger partial charge is 0.396 e. The van der Waals surface area contributed by atoms with Gasteiger partial charge in [0.05, 0.1) is 0 Å². The van der Waals surface area contributed by atoms with Crippen molar-refractivity contribution in [1.82, 2.24) is 4.90 Å². The van der Waals surface area contributed by atoms with Crippen LogP contribution < -0.4 is 0 Å². The molecule has 90 valence electrons. The van der Waals surface area contributed by atoms with Gasteiger partial charge in [-0.3, -0.25) is 0 Å². The summed E-state index contributed by atoms with van der Waals surface area (Å²) < 4.78 is 0. The zero-order valence-electron chi connectivity index (χ0n) is 9.63. The number of halogens is 1. The SMILES string of the molecule is OCCCN(CCCCCCl)C1CCC1. The minimum atomic E-state index is 0.324. The number of unbranched alkanes of at least 4 members (excludes halogenated alkanes) is 2. The Bertz CT molecular complexity index is 151. The van der Waals surface area contributed by atoms with Crippen molar-refractivity contribution in [3.63, 3.8) is 0 Å². The summed E-state index contributed by atoms with van der Waals surface area (Å²) in [5.74, 6) is 0.792. The number of aliphatic hydroxyl groups excluding tert-OH is 1. The second-order valence-corrected chi connectivity index (χ2v) is 4.83. The quantitative estimate of drug-likeness (QED) is 0.489. The molecule has 0 aliphatic heterocycles. The van der Waals surface area contributed by atoms with Gasteiger partial charge in [0.25, 0.3) is 0 Å². The molecule has 1 aliphatic rings. The van der Waals surface area contributed by atoms with Gasteiger partial charge in [-0.25, -0.2) is 0 Å². The molecule has 1 aliphatic carbocycles. The maximum absolute atomic E-state index is 8.85. The molecule has 0 amide bonds. The van der Waals surface area contributed by atoms with Crippen LogP contribution in [0.4, 0.5) is 0 Å². The summed E-state index contributed by atoms with van der Waals surface area (Å²) in [4.78, 5) is 2.56.